The van der Waals surface area contributed by atoms with E-state index in [9.17, 15) is 4.79 Å². The molecule has 2 aliphatic rings. The molecule has 2 aromatic carbocycles. The maximum atomic E-state index is 12.6. The first kappa shape index (κ1) is 20.3. The molecule has 0 atom stereocenters. The van der Waals surface area contributed by atoms with Gasteiger partial charge < -0.3 is 10.1 Å². The Bertz CT molecular complexity index is 1080. The molecule has 3 nitrogen and oxygen atoms in total. The van der Waals surface area contributed by atoms with Gasteiger partial charge in [0.2, 0.25) is 0 Å². The summed E-state index contributed by atoms with van der Waals surface area (Å²) in [6.45, 7) is 6.26. The number of hydrogen-bond acceptors (Lipinski definition) is 6. The number of ether oxygens (including phenoxy) is 1. The lowest BCUT2D eigenvalue weighted by molar-refractivity contribution is -0.135. The molecule has 2 heterocycles. The third-order valence-corrected chi connectivity index (χ3v) is 8.23. The zero-order chi connectivity index (χ0) is 20.8. The number of nitrogens with one attached hydrogen (secondary N) is 1. The van der Waals surface area contributed by atoms with Gasteiger partial charge in [-0.25, -0.2) is 4.79 Å². The van der Waals surface area contributed by atoms with Gasteiger partial charge in [-0.05, 0) is 38.5 Å². The van der Waals surface area contributed by atoms with Crippen LogP contribution in [0.1, 0.15) is 30.5 Å². The predicted octanol–water partition coefficient (Wildman–Crippen LogP) is 6.26. The zero-order valence-electron chi connectivity index (χ0n) is 16.7. The number of carbonyl (C=O) groups excluding carboxylic acids is 1. The third-order valence-electron chi connectivity index (χ3n) is 4.89. The fourth-order valence-electron chi connectivity index (χ4n) is 3.41. The Balaban J connectivity index is 1.89. The minimum atomic E-state index is -0.359. The normalized spacial score (nSPS) is 20.3. The Morgan fingerprint density at radius 2 is 1.83 bits per heavy atom. The molecule has 0 radical (unpaired) electrons. The van der Waals surface area contributed by atoms with Crippen LogP contribution in [0.2, 0.25) is 0 Å². The van der Waals surface area contributed by atoms with E-state index >= 15 is 0 Å². The number of carbonyl (C=O) groups is 1. The van der Waals surface area contributed by atoms with Crippen LogP contribution in [0.15, 0.2) is 57.7 Å². The summed E-state index contributed by atoms with van der Waals surface area (Å²) in [6.07, 6.45) is 0. The molecule has 0 saturated carbocycles. The van der Waals surface area contributed by atoms with Crippen LogP contribution in [0.4, 0.5) is 5.69 Å². The predicted molar refractivity (Wildman–Crippen MR) is 129 cm³/mol. The number of rotatable bonds is 2. The van der Waals surface area contributed by atoms with Crippen LogP contribution in [0.3, 0.4) is 0 Å². The number of aryl methyl sites for hydroxylation is 1. The average Bonchev–Trinajstić information content (AvgIpc) is 3.14. The molecule has 1 N–H and O–H groups in total. The standard InChI is InChI=1S/C23H21NO2S3/c1-13-10-11-16-15(12-13)17(20(27)23(2,3)24-16)22-28-18(14-8-6-5-7-9-14)19(29-22)21(25)26-4/h5-12,24H,1-4H3/b22-17+. The van der Waals surface area contributed by atoms with Crippen LogP contribution in [-0.2, 0) is 9.53 Å². The summed E-state index contributed by atoms with van der Waals surface area (Å²) in [6, 6.07) is 16.3. The highest BCUT2D eigenvalue weighted by Gasteiger charge is 2.38. The highest BCUT2D eigenvalue weighted by molar-refractivity contribution is 8.32. The van der Waals surface area contributed by atoms with Gasteiger partial charge in [0.05, 0.1) is 16.9 Å². The summed E-state index contributed by atoms with van der Waals surface area (Å²) in [7, 11) is 1.42. The van der Waals surface area contributed by atoms with Crippen LogP contribution < -0.4 is 5.32 Å². The Hall–Kier alpha value is -2.02. The van der Waals surface area contributed by atoms with Gasteiger partial charge in [-0.1, -0.05) is 77.7 Å². The molecule has 6 heteroatoms. The van der Waals surface area contributed by atoms with E-state index in [0.29, 0.717) is 4.91 Å². The zero-order valence-corrected chi connectivity index (χ0v) is 19.1. The van der Waals surface area contributed by atoms with Crippen molar-refractivity contribution in [3.8, 4) is 0 Å². The summed E-state index contributed by atoms with van der Waals surface area (Å²) in [4.78, 5) is 14.9. The van der Waals surface area contributed by atoms with Gasteiger partial charge >= 0.3 is 5.97 Å². The highest BCUT2D eigenvalue weighted by atomic mass is 32.2. The molecule has 0 aromatic heterocycles. The summed E-state index contributed by atoms with van der Waals surface area (Å²) in [5, 5.41) is 3.56. The van der Waals surface area contributed by atoms with E-state index in [-0.39, 0.29) is 11.5 Å². The molecule has 0 saturated heterocycles. The monoisotopic (exact) mass is 439 g/mol. The van der Waals surface area contributed by atoms with Crippen molar-refractivity contribution in [3.05, 3.63) is 74.4 Å². The van der Waals surface area contributed by atoms with E-state index in [0.717, 1.165) is 36.4 Å². The molecule has 0 fully saturated rings. The van der Waals surface area contributed by atoms with E-state index in [1.807, 2.05) is 30.3 Å². The van der Waals surface area contributed by atoms with Crippen molar-refractivity contribution in [2.75, 3.05) is 12.4 Å². The first-order valence-corrected chi connectivity index (χ1v) is 11.3. The van der Waals surface area contributed by atoms with Gasteiger partial charge in [-0.3, -0.25) is 0 Å². The molecule has 0 spiro atoms. The van der Waals surface area contributed by atoms with Crippen molar-refractivity contribution >= 4 is 62.7 Å². The molecular weight excluding hydrogens is 418 g/mol. The number of fused-ring (bicyclic) bond motifs is 1. The number of benzene rings is 2. The maximum Gasteiger partial charge on any atom is 0.345 e. The Kier molecular flexibility index (Phi) is 5.36. The number of esters is 1. The average molecular weight is 440 g/mol. The summed E-state index contributed by atoms with van der Waals surface area (Å²) >= 11 is 8.99. The number of methoxy groups -OCH3 is 1. The van der Waals surface area contributed by atoms with Crippen LogP contribution in [0, 0.1) is 6.92 Å². The van der Waals surface area contributed by atoms with Crippen LogP contribution in [0.5, 0.6) is 0 Å². The van der Waals surface area contributed by atoms with Gasteiger partial charge in [0.25, 0.3) is 0 Å². The second-order valence-electron chi connectivity index (χ2n) is 7.51. The molecule has 148 valence electrons. The van der Waals surface area contributed by atoms with E-state index in [1.54, 1.807) is 11.8 Å². The third kappa shape index (κ3) is 3.65. The summed E-state index contributed by atoms with van der Waals surface area (Å²) < 4.78 is 6.10. The van der Waals surface area contributed by atoms with E-state index in [4.69, 9.17) is 17.0 Å². The van der Waals surface area contributed by atoms with E-state index in [2.05, 4.69) is 44.3 Å². The molecule has 2 aromatic rings. The second kappa shape index (κ2) is 7.67. The van der Waals surface area contributed by atoms with Crippen molar-refractivity contribution in [3.63, 3.8) is 0 Å². The molecule has 0 unspecified atom stereocenters. The number of thiocarbonyl (C=S) groups is 1. The van der Waals surface area contributed by atoms with Gasteiger partial charge in [0.15, 0.2) is 0 Å². The van der Waals surface area contributed by atoms with Crippen molar-refractivity contribution < 1.29 is 9.53 Å². The number of hydrogen-bond donors (Lipinski definition) is 1. The Morgan fingerprint density at radius 1 is 1.10 bits per heavy atom. The van der Waals surface area contributed by atoms with E-state index < -0.39 is 0 Å². The lowest BCUT2D eigenvalue weighted by Gasteiger charge is -2.37. The molecular formula is C23H21NO2S3. The lowest BCUT2D eigenvalue weighted by Crippen LogP contribution is -2.43. The van der Waals surface area contributed by atoms with Crippen LogP contribution in [0.25, 0.3) is 10.5 Å². The van der Waals surface area contributed by atoms with Crippen molar-refractivity contribution in [2.24, 2.45) is 0 Å². The fourth-order valence-corrected chi connectivity index (χ4v) is 6.53. The Morgan fingerprint density at radius 3 is 2.52 bits per heavy atom. The summed E-state index contributed by atoms with van der Waals surface area (Å²) in [5.74, 6) is -0.319. The SMILES string of the molecule is COC(=O)C1=C(c2ccccc2)S/C(=C2\C(=S)C(C)(C)Nc3ccc(C)cc32)S1. The van der Waals surface area contributed by atoms with Crippen LogP contribution >= 0.6 is 35.7 Å². The van der Waals surface area contributed by atoms with Gasteiger partial charge in [0, 0.05) is 26.6 Å². The summed E-state index contributed by atoms with van der Waals surface area (Å²) in [5.41, 5.74) is 4.99. The largest absolute Gasteiger partial charge is 0.465 e. The molecule has 29 heavy (non-hydrogen) atoms. The van der Waals surface area contributed by atoms with Crippen LogP contribution in [-0.4, -0.2) is 23.5 Å². The Labute approximate surface area is 185 Å². The van der Waals surface area contributed by atoms with Crippen molar-refractivity contribution in [2.45, 2.75) is 26.3 Å². The van der Waals surface area contributed by atoms with Gasteiger partial charge in [-0.15, -0.1) is 0 Å². The molecule has 4 rings (SSSR count). The quantitative estimate of drug-likeness (QED) is 0.338. The van der Waals surface area contributed by atoms with E-state index in [1.165, 1.54) is 24.4 Å². The fraction of sp³-hybridized carbons (Fsp3) is 0.217. The second-order valence-corrected chi connectivity index (χ2v) is 10.2. The first-order chi connectivity index (χ1) is 13.8. The highest BCUT2D eigenvalue weighted by Crippen LogP contribution is 2.58. The van der Waals surface area contributed by atoms with Gasteiger partial charge in [0.1, 0.15) is 4.91 Å². The van der Waals surface area contributed by atoms with Crippen molar-refractivity contribution in [1.29, 1.82) is 0 Å². The molecule has 0 aliphatic carbocycles. The number of thioether (sulfide) groups is 2. The lowest BCUT2D eigenvalue weighted by atomic mass is 9.85. The van der Waals surface area contributed by atoms with Gasteiger partial charge in [-0.2, -0.15) is 0 Å². The molecule has 0 bridgehead atoms. The topological polar surface area (TPSA) is 38.3 Å². The smallest absolute Gasteiger partial charge is 0.345 e. The maximum absolute atomic E-state index is 12.6. The minimum Gasteiger partial charge on any atom is -0.465 e. The minimum absolute atomic E-state index is 0.319. The van der Waals surface area contributed by atoms with Crippen molar-refractivity contribution in [1.82, 2.24) is 0 Å². The number of anilines is 1. The first-order valence-electron chi connectivity index (χ1n) is 9.24. The molecule has 2 aliphatic heterocycles. The molecule has 0 amide bonds.